The van der Waals surface area contributed by atoms with E-state index in [9.17, 15) is 18.0 Å². The SMILES string of the molecule is CCC1c2ccsc2CCN1C(=O)C1CCN(c2ncc(C(F)(F)F)cc2Cl)CC1. The number of rotatable bonds is 3. The average molecular weight is 458 g/mol. The first-order chi connectivity index (χ1) is 14.3. The molecule has 2 aromatic rings. The van der Waals surface area contributed by atoms with Crippen molar-refractivity contribution in [1.82, 2.24) is 9.88 Å². The fourth-order valence-corrected chi connectivity index (χ4v) is 5.71. The first-order valence-corrected chi connectivity index (χ1v) is 11.4. The van der Waals surface area contributed by atoms with E-state index in [0.29, 0.717) is 31.7 Å². The van der Waals surface area contributed by atoms with Gasteiger partial charge in [0.05, 0.1) is 16.6 Å². The third-order valence-electron chi connectivity index (χ3n) is 6.06. The van der Waals surface area contributed by atoms with E-state index in [1.807, 2.05) is 9.80 Å². The molecule has 2 aliphatic heterocycles. The van der Waals surface area contributed by atoms with Crippen LogP contribution in [0.1, 0.15) is 48.2 Å². The Hall–Kier alpha value is -1.80. The Bertz CT molecular complexity index is 924. The summed E-state index contributed by atoms with van der Waals surface area (Å²) in [6.07, 6.45) is -0.585. The van der Waals surface area contributed by atoms with Gasteiger partial charge >= 0.3 is 6.18 Å². The molecule has 0 N–H and O–H groups in total. The Morgan fingerprint density at radius 1 is 1.30 bits per heavy atom. The van der Waals surface area contributed by atoms with Crippen molar-refractivity contribution < 1.29 is 18.0 Å². The fourth-order valence-electron chi connectivity index (χ4n) is 4.49. The molecule has 0 bridgehead atoms. The Morgan fingerprint density at radius 3 is 2.67 bits per heavy atom. The molecule has 4 heterocycles. The van der Waals surface area contributed by atoms with Crippen LogP contribution in [0, 0.1) is 5.92 Å². The quantitative estimate of drug-likeness (QED) is 0.604. The highest BCUT2D eigenvalue weighted by atomic mass is 35.5. The smallest absolute Gasteiger partial charge is 0.355 e. The van der Waals surface area contributed by atoms with Crippen molar-refractivity contribution in [2.24, 2.45) is 5.92 Å². The molecule has 0 aliphatic carbocycles. The van der Waals surface area contributed by atoms with E-state index in [1.165, 1.54) is 10.4 Å². The Balaban J connectivity index is 1.42. The molecule has 2 aliphatic rings. The van der Waals surface area contributed by atoms with Gasteiger partial charge in [-0.25, -0.2) is 4.98 Å². The van der Waals surface area contributed by atoms with Gasteiger partial charge in [-0.05, 0) is 48.8 Å². The van der Waals surface area contributed by atoms with Crippen LogP contribution in [0.4, 0.5) is 19.0 Å². The van der Waals surface area contributed by atoms with E-state index in [2.05, 4.69) is 23.4 Å². The van der Waals surface area contributed by atoms with Gasteiger partial charge in [-0.2, -0.15) is 13.2 Å². The van der Waals surface area contributed by atoms with Crippen LogP contribution in [-0.2, 0) is 17.4 Å². The number of aromatic nitrogens is 1. The predicted octanol–water partition coefficient (Wildman–Crippen LogP) is 5.57. The third-order valence-corrected chi connectivity index (χ3v) is 7.33. The van der Waals surface area contributed by atoms with Gasteiger partial charge in [-0.15, -0.1) is 11.3 Å². The van der Waals surface area contributed by atoms with Gasteiger partial charge in [0.1, 0.15) is 5.82 Å². The summed E-state index contributed by atoms with van der Waals surface area (Å²) in [7, 11) is 0. The molecular formula is C21H23ClF3N3OS. The summed E-state index contributed by atoms with van der Waals surface area (Å²) in [4.78, 5) is 22.5. The van der Waals surface area contributed by atoms with Gasteiger partial charge < -0.3 is 9.80 Å². The van der Waals surface area contributed by atoms with E-state index < -0.39 is 11.7 Å². The summed E-state index contributed by atoms with van der Waals surface area (Å²) in [6.45, 7) is 3.95. The molecule has 0 spiro atoms. The number of nitrogens with zero attached hydrogens (tertiary/aromatic N) is 3. The first kappa shape index (κ1) is 21.4. The normalized spacial score (nSPS) is 20.4. The molecule has 0 radical (unpaired) electrons. The third kappa shape index (κ3) is 4.04. The lowest BCUT2D eigenvalue weighted by Crippen LogP contribution is -2.46. The molecule has 1 unspecified atom stereocenters. The van der Waals surface area contributed by atoms with Crippen LogP contribution in [0.5, 0.6) is 0 Å². The lowest BCUT2D eigenvalue weighted by atomic mass is 9.91. The minimum atomic E-state index is -4.47. The number of pyridine rings is 1. The minimum Gasteiger partial charge on any atom is -0.355 e. The van der Waals surface area contributed by atoms with Gasteiger partial charge in [0.2, 0.25) is 5.91 Å². The van der Waals surface area contributed by atoms with Crippen molar-refractivity contribution in [2.75, 3.05) is 24.5 Å². The first-order valence-electron chi connectivity index (χ1n) is 10.1. The van der Waals surface area contributed by atoms with Crippen LogP contribution in [0.25, 0.3) is 0 Å². The van der Waals surface area contributed by atoms with Crippen LogP contribution < -0.4 is 4.90 Å². The van der Waals surface area contributed by atoms with Crippen molar-refractivity contribution in [3.8, 4) is 0 Å². The number of piperidine rings is 1. The largest absolute Gasteiger partial charge is 0.417 e. The molecule has 2 aromatic heterocycles. The molecule has 30 heavy (non-hydrogen) atoms. The molecular weight excluding hydrogens is 435 g/mol. The number of carbonyl (C=O) groups excluding carboxylic acids is 1. The molecule has 0 aromatic carbocycles. The summed E-state index contributed by atoms with van der Waals surface area (Å²) in [5.41, 5.74) is 0.421. The second-order valence-electron chi connectivity index (χ2n) is 7.79. The monoisotopic (exact) mass is 457 g/mol. The lowest BCUT2D eigenvalue weighted by Gasteiger charge is -2.40. The fraction of sp³-hybridized carbons (Fsp3) is 0.524. The van der Waals surface area contributed by atoms with E-state index in [4.69, 9.17) is 11.6 Å². The van der Waals surface area contributed by atoms with Gasteiger partial charge in [0, 0.05) is 36.6 Å². The zero-order chi connectivity index (χ0) is 21.5. The summed E-state index contributed by atoms with van der Waals surface area (Å²) >= 11 is 7.85. The molecule has 1 fully saturated rings. The van der Waals surface area contributed by atoms with E-state index in [-0.39, 0.29) is 22.9 Å². The average Bonchev–Trinajstić information content (AvgIpc) is 3.21. The molecule has 0 saturated carbocycles. The number of hydrogen-bond donors (Lipinski definition) is 0. The zero-order valence-electron chi connectivity index (χ0n) is 16.6. The van der Waals surface area contributed by atoms with Crippen molar-refractivity contribution in [3.05, 3.63) is 44.7 Å². The number of hydrogen-bond acceptors (Lipinski definition) is 4. The number of anilines is 1. The van der Waals surface area contributed by atoms with Gasteiger partial charge in [-0.3, -0.25) is 4.79 Å². The number of thiophene rings is 1. The topological polar surface area (TPSA) is 36.4 Å². The standard InChI is InChI=1S/C21H23ClF3N3OS/c1-2-17-15-6-10-30-18(15)5-9-28(17)20(29)13-3-7-27(8-4-13)19-16(22)11-14(12-26-19)21(23,24)25/h6,10-13,17H,2-5,7-9H2,1H3. The molecule has 1 atom stereocenters. The van der Waals surface area contributed by atoms with Crippen molar-refractivity contribution >= 4 is 34.7 Å². The zero-order valence-corrected chi connectivity index (χ0v) is 18.2. The van der Waals surface area contributed by atoms with Crippen molar-refractivity contribution in [2.45, 2.75) is 44.8 Å². The number of alkyl halides is 3. The van der Waals surface area contributed by atoms with E-state index in [1.54, 1.807) is 11.3 Å². The highest BCUT2D eigenvalue weighted by Gasteiger charge is 2.36. The van der Waals surface area contributed by atoms with Crippen LogP contribution in [0.15, 0.2) is 23.7 Å². The van der Waals surface area contributed by atoms with Crippen LogP contribution in [-0.4, -0.2) is 35.4 Å². The lowest BCUT2D eigenvalue weighted by molar-refractivity contribution is -0.139. The highest BCUT2D eigenvalue weighted by Crippen LogP contribution is 2.38. The Labute approximate surface area is 182 Å². The molecule has 9 heteroatoms. The summed E-state index contributed by atoms with van der Waals surface area (Å²) < 4.78 is 38.5. The minimum absolute atomic E-state index is 0.0123. The number of carbonyl (C=O) groups is 1. The molecule has 1 saturated heterocycles. The van der Waals surface area contributed by atoms with Crippen molar-refractivity contribution in [1.29, 1.82) is 0 Å². The van der Waals surface area contributed by atoms with Crippen LogP contribution in [0.2, 0.25) is 5.02 Å². The molecule has 162 valence electrons. The van der Waals surface area contributed by atoms with Crippen LogP contribution in [0.3, 0.4) is 0 Å². The Kier molecular flexibility index (Phi) is 5.99. The maximum atomic E-state index is 13.3. The summed E-state index contributed by atoms with van der Waals surface area (Å²) in [6, 6.07) is 3.18. The molecule has 4 nitrogen and oxygen atoms in total. The van der Waals surface area contributed by atoms with Gasteiger partial charge in [-0.1, -0.05) is 18.5 Å². The van der Waals surface area contributed by atoms with Gasteiger partial charge in [0.15, 0.2) is 0 Å². The molecule has 1 amide bonds. The summed E-state index contributed by atoms with van der Waals surface area (Å²) in [5.74, 6) is 0.455. The number of fused-ring (bicyclic) bond motifs is 1. The van der Waals surface area contributed by atoms with Gasteiger partial charge in [0.25, 0.3) is 0 Å². The Morgan fingerprint density at radius 2 is 2.03 bits per heavy atom. The molecule has 4 rings (SSSR count). The highest BCUT2D eigenvalue weighted by molar-refractivity contribution is 7.10. The second-order valence-corrected chi connectivity index (χ2v) is 9.20. The second kappa shape index (κ2) is 8.38. The van der Waals surface area contributed by atoms with E-state index >= 15 is 0 Å². The van der Waals surface area contributed by atoms with Crippen LogP contribution >= 0.6 is 22.9 Å². The number of halogens is 4. The number of amides is 1. The van der Waals surface area contributed by atoms with E-state index in [0.717, 1.165) is 31.6 Å². The summed E-state index contributed by atoms with van der Waals surface area (Å²) in [5, 5.41) is 2.09. The van der Waals surface area contributed by atoms with Crippen molar-refractivity contribution in [3.63, 3.8) is 0 Å². The predicted molar refractivity (Wildman–Crippen MR) is 112 cm³/mol. The maximum absolute atomic E-state index is 13.3. The maximum Gasteiger partial charge on any atom is 0.417 e.